The molecule has 0 radical (unpaired) electrons. The fourth-order valence-electron chi connectivity index (χ4n) is 3.45. The van der Waals surface area contributed by atoms with Crippen molar-refractivity contribution in [2.75, 3.05) is 12.3 Å². The number of anilines is 1. The first-order valence-corrected chi connectivity index (χ1v) is 12.4. The largest absolute Gasteiger partial charge is 0.415 e. The molecule has 146 valence electrons. The van der Waals surface area contributed by atoms with Gasteiger partial charge in [0.1, 0.15) is 12.2 Å². The molecule has 26 heavy (non-hydrogen) atoms. The van der Waals surface area contributed by atoms with E-state index < -0.39 is 14.1 Å². The summed E-state index contributed by atoms with van der Waals surface area (Å²) in [7, 11) is -1.81. The van der Waals surface area contributed by atoms with Crippen molar-refractivity contribution in [3.63, 3.8) is 0 Å². The molecule has 2 saturated heterocycles. The summed E-state index contributed by atoms with van der Waals surface area (Å²) in [6.07, 6.45) is -0.0426. The van der Waals surface area contributed by atoms with E-state index in [9.17, 15) is 0 Å². The zero-order valence-corrected chi connectivity index (χ0v) is 18.1. The highest BCUT2D eigenvalue weighted by atomic mass is 28.4. The van der Waals surface area contributed by atoms with Crippen LogP contribution in [0.3, 0.4) is 0 Å². The van der Waals surface area contributed by atoms with Gasteiger partial charge in [0.15, 0.2) is 14.1 Å². The Morgan fingerprint density at radius 1 is 1.12 bits per heavy atom. The molecule has 2 heterocycles. The Labute approximate surface area is 158 Å². The molecule has 3 rings (SSSR count). The Kier molecular flexibility index (Phi) is 5.03. The second kappa shape index (κ2) is 6.60. The lowest BCUT2D eigenvalue weighted by atomic mass is 10.0. The second-order valence-corrected chi connectivity index (χ2v) is 14.4. The molecule has 5 nitrogen and oxygen atoms in total. The average molecular weight is 379 g/mol. The molecule has 3 N–H and O–H groups in total. The minimum Gasteiger partial charge on any atom is -0.415 e. The van der Waals surface area contributed by atoms with Gasteiger partial charge in [0.05, 0.1) is 18.7 Å². The number of nitrogens with two attached hydrogens (primary N) is 1. The van der Waals surface area contributed by atoms with Gasteiger partial charge in [0.25, 0.3) is 0 Å². The molecule has 0 aromatic heterocycles. The van der Waals surface area contributed by atoms with Crippen LogP contribution in [0.15, 0.2) is 24.3 Å². The van der Waals surface area contributed by atoms with Crippen molar-refractivity contribution in [1.29, 1.82) is 0 Å². The molecule has 0 bridgehead atoms. The molecule has 0 spiro atoms. The molecule has 1 aromatic rings. The van der Waals surface area contributed by atoms with Crippen LogP contribution in [-0.4, -0.2) is 39.0 Å². The minimum absolute atomic E-state index is 0.0164. The van der Waals surface area contributed by atoms with Crippen LogP contribution in [-0.2, 0) is 13.9 Å². The topological polar surface area (TPSA) is 65.7 Å². The first-order valence-electron chi connectivity index (χ1n) is 9.51. The summed E-state index contributed by atoms with van der Waals surface area (Å²) in [5.41, 5.74) is 7.79. The van der Waals surface area contributed by atoms with Crippen LogP contribution in [0.2, 0.25) is 18.1 Å². The predicted octanol–water partition coefficient (Wildman–Crippen LogP) is 3.82. The molecule has 1 aromatic carbocycles. The smallest absolute Gasteiger partial charge is 0.192 e. The molecule has 0 saturated carbocycles. The van der Waals surface area contributed by atoms with E-state index in [2.05, 4.69) is 51.3 Å². The summed E-state index contributed by atoms with van der Waals surface area (Å²) in [6.45, 7) is 16.0. The van der Waals surface area contributed by atoms with Gasteiger partial charge in [-0.05, 0) is 49.7 Å². The zero-order valence-electron chi connectivity index (χ0n) is 17.1. The normalized spacial score (nSPS) is 31.2. The number of ether oxygens (including phenoxy) is 2. The lowest BCUT2D eigenvalue weighted by molar-refractivity contribution is -0.157. The van der Waals surface area contributed by atoms with Crippen LogP contribution in [0.4, 0.5) is 5.69 Å². The minimum atomic E-state index is -1.81. The van der Waals surface area contributed by atoms with E-state index in [1.54, 1.807) is 0 Å². The monoisotopic (exact) mass is 378 g/mol. The maximum absolute atomic E-state index is 6.48. The molecule has 6 heteroatoms. The number of hydrogen-bond acceptors (Lipinski definition) is 5. The van der Waals surface area contributed by atoms with E-state index in [0.29, 0.717) is 6.61 Å². The first kappa shape index (κ1) is 19.8. The highest BCUT2D eigenvalue weighted by molar-refractivity contribution is 6.74. The molecular weight excluding hydrogens is 344 g/mol. The highest BCUT2D eigenvalue weighted by Gasteiger charge is 2.54. The van der Waals surface area contributed by atoms with Crippen LogP contribution in [0, 0.1) is 0 Å². The van der Waals surface area contributed by atoms with Crippen molar-refractivity contribution < 1.29 is 13.9 Å². The number of hydrogen-bond donors (Lipinski definition) is 2. The fraction of sp³-hybridized carbons (Fsp3) is 0.700. The summed E-state index contributed by atoms with van der Waals surface area (Å²) >= 11 is 0. The van der Waals surface area contributed by atoms with E-state index >= 15 is 0 Å². The maximum atomic E-state index is 6.48. The Hall–Kier alpha value is -0.923. The van der Waals surface area contributed by atoms with E-state index in [1.165, 1.54) is 5.56 Å². The predicted molar refractivity (Wildman–Crippen MR) is 107 cm³/mol. The van der Waals surface area contributed by atoms with Gasteiger partial charge in [-0.25, -0.2) is 0 Å². The third-order valence-corrected chi connectivity index (χ3v) is 10.5. The number of nitrogens with one attached hydrogen (secondary N) is 1. The molecule has 0 aliphatic carbocycles. The summed E-state index contributed by atoms with van der Waals surface area (Å²) in [4.78, 5) is 0. The second-order valence-electron chi connectivity index (χ2n) is 9.55. The quantitative estimate of drug-likeness (QED) is 0.616. The van der Waals surface area contributed by atoms with Crippen molar-refractivity contribution in [2.24, 2.45) is 0 Å². The number of nitrogen functional groups attached to an aromatic ring is 1. The van der Waals surface area contributed by atoms with E-state index in [4.69, 9.17) is 19.6 Å². The van der Waals surface area contributed by atoms with Crippen molar-refractivity contribution >= 4 is 14.0 Å². The summed E-state index contributed by atoms with van der Waals surface area (Å²) in [5, 5.41) is 3.89. The molecule has 0 unspecified atom stereocenters. The molecule has 2 aliphatic rings. The van der Waals surface area contributed by atoms with Gasteiger partial charge < -0.3 is 25.0 Å². The van der Waals surface area contributed by atoms with Crippen LogP contribution in [0.1, 0.15) is 46.2 Å². The molecule has 4 atom stereocenters. The van der Waals surface area contributed by atoms with Crippen LogP contribution in [0.25, 0.3) is 0 Å². The summed E-state index contributed by atoms with van der Waals surface area (Å²) < 4.78 is 19.0. The van der Waals surface area contributed by atoms with Crippen molar-refractivity contribution in [2.45, 2.75) is 82.8 Å². The molecule has 2 aliphatic heterocycles. The lowest BCUT2D eigenvalue weighted by Gasteiger charge is -2.37. The van der Waals surface area contributed by atoms with E-state index in [-0.39, 0.29) is 29.3 Å². The highest BCUT2D eigenvalue weighted by Crippen LogP contribution is 2.43. The van der Waals surface area contributed by atoms with Gasteiger partial charge in [0, 0.05) is 5.69 Å². The zero-order chi connectivity index (χ0) is 19.3. The number of fused-ring (bicyclic) bond motifs is 1. The molecule has 2 fully saturated rings. The number of rotatable bonds is 4. The Morgan fingerprint density at radius 3 is 2.27 bits per heavy atom. The van der Waals surface area contributed by atoms with Gasteiger partial charge in [0.2, 0.25) is 0 Å². The van der Waals surface area contributed by atoms with Gasteiger partial charge in [-0.3, -0.25) is 0 Å². The first-order chi connectivity index (χ1) is 11.9. The SMILES string of the molecule is CC1(C)O[C@@H]2[C@H](O1)[C@@H](CO[Si](C)(C)C(C)(C)C)N[C@H]2c1ccc(N)cc1. The van der Waals surface area contributed by atoms with Crippen LogP contribution < -0.4 is 11.1 Å². The van der Waals surface area contributed by atoms with Gasteiger partial charge >= 0.3 is 0 Å². The van der Waals surface area contributed by atoms with Crippen molar-refractivity contribution in [1.82, 2.24) is 5.32 Å². The Bertz CT molecular complexity index is 639. The molecule has 0 amide bonds. The summed E-state index contributed by atoms with van der Waals surface area (Å²) in [5.74, 6) is -0.571. The third-order valence-electron chi connectivity index (χ3n) is 6.01. The van der Waals surface area contributed by atoms with E-state index in [0.717, 1.165) is 5.69 Å². The van der Waals surface area contributed by atoms with Crippen molar-refractivity contribution in [3.05, 3.63) is 29.8 Å². The van der Waals surface area contributed by atoms with Gasteiger partial charge in [-0.2, -0.15) is 0 Å². The van der Waals surface area contributed by atoms with E-state index in [1.807, 2.05) is 26.0 Å². The lowest BCUT2D eigenvalue weighted by Crippen LogP contribution is -2.47. The Balaban J connectivity index is 1.78. The van der Waals surface area contributed by atoms with Gasteiger partial charge in [-0.15, -0.1) is 0 Å². The fourth-order valence-corrected chi connectivity index (χ4v) is 4.48. The van der Waals surface area contributed by atoms with Crippen molar-refractivity contribution in [3.8, 4) is 0 Å². The summed E-state index contributed by atoms with van der Waals surface area (Å²) in [6, 6.07) is 8.19. The van der Waals surface area contributed by atoms with Crippen LogP contribution >= 0.6 is 0 Å². The third kappa shape index (κ3) is 3.85. The standard InChI is InChI=1S/C20H34N2O3Si/c1-19(2,3)26(6,7)23-12-15-17-18(25-20(4,5)24-17)16(22-15)13-8-10-14(21)11-9-13/h8-11,15-18,22H,12,21H2,1-7H3/t15-,16+,17-,18+/m1/s1. The molecular formula is C20H34N2O3Si. The average Bonchev–Trinajstić information content (AvgIpc) is 2.98. The maximum Gasteiger partial charge on any atom is 0.192 e. The van der Waals surface area contributed by atoms with Gasteiger partial charge in [-0.1, -0.05) is 32.9 Å². The Morgan fingerprint density at radius 2 is 1.69 bits per heavy atom. The number of benzene rings is 1. The van der Waals surface area contributed by atoms with Crippen LogP contribution in [0.5, 0.6) is 0 Å².